The summed E-state index contributed by atoms with van der Waals surface area (Å²) >= 11 is 0. The summed E-state index contributed by atoms with van der Waals surface area (Å²) in [5, 5.41) is 0. The largest absolute Gasteiger partial charge is 0.317 e. The van der Waals surface area contributed by atoms with Crippen LogP contribution >= 0.6 is 12.4 Å². The molecule has 1 saturated carbocycles. The number of hydrogen-bond acceptors (Lipinski definition) is 2. The second-order valence-electron chi connectivity index (χ2n) is 5.97. The number of nitrogens with two attached hydrogens (primary N) is 1. The minimum atomic E-state index is -0.647. The van der Waals surface area contributed by atoms with Gasteiger partial charge >= 0.3 is 0 Å². The van der Waals surface area contributed by atoms with Crippen LogP contribution in [-0.2, 0) is 4.79 Å². The summed E-state index contributed by atoms with van der Waals surface area (Å²) in [6.45, 7) is 4.33. The highest BCUT2D eigenvalue weighted by Gasteiger charge is 2.39. The third-order valence-corrected chi connectivity index (χ3v) is 4.17. The van der Waals surface area contributed by atoms with Gasteiger partial charge in [-0.3, -0.25) is 4.79 Å². The van der Waals surface area contributed by atoms with E-state index in [9.17, 15) is 4.79 Å². The molecule has 0 heterocycles. The van der Waals surface area contributed by atoms with Crippen molar-refractivity contribution in [3.8, 4) is 0 Å². The number of halogens is 1. The molecule has 0 spiro atoms. The van der Waals surface area contributed by atoms with E-state index in [0.717, 1.165) is 31.4 Å². The molecular weight excluding hydrogens is 272 g/mol. The Balaban J connectivity index is 0.00000200. The third kappa shape index (κ3) is 3.33. The van der Waals surface area contributed by atoms with Gasteiger partial charge in [-0.25, -0.2) is 0 Å². The van der Waals surface area contributed by atoms with E-state index in [1.807, 2.05) is 19.2 Å². The molecule has 0 atom stereocenters. The molecule has 1 fully saturated rings. The number of benzene rings is 1. The summed E-state index contributed by atoms with van der Waals surface area (Å²) in [6.07, 6.45) is 3.73. The molecule has 1 amide bonds. The average Bonchev–Trinajstić information content (AvgIpc) is 2.85. The van der Waals surface area contributed by atoms with Crippen molar-refractivity contribution in [2.24, 2.45) is 5.73 Å². The number of hydrogen-bond donors (Lipinski definition) is 1. The van der Waals surface area contributed by atoms with Crippen LogP contribution in [0.25, 0.3) is 0 Å². The van der Waals surface area contributed by atoms with Crippen molar-refractivity contribution >= 4 is 24.0 Å². The van der Waals surface area contributed by atoms with Crippen LogP contribution < -0.4 is 10.6 Å². The van der Waals surface area contributed by atoms with E-state index in [4.69, 9.17) is 5.73 Å². The summed E-state index contributed by atoms with van der Waals surface area (Å²) in [5.41, 5.74) is 7.79. The molecule has 0 aliphatic heterocycles. The van der Waals surface area contributed by atoms with Crippen LogP contribution in [0.15, 0.2) is 24.3 Å². The van der Waals surface area contributed by atoms with E-state index >= 15 is 0 Å². The maximum atomic E-state index is 12.5. The topological polar surface area (TPSA) is 46.3 Å². The second kappa shape index (κ2) is 6.59. The number of anilines is 1. The minimum Gasteiger partial charge on any atom is -0.317 e. The first-order chi connectivity index (χ1) is 8.94. The minimum absolute atomic E-state index is 0. The van der Waals surface area contributed by atoms with Crippen molar-refractivity contribution in [1.29, 1.82) is 0 Å². The van der Waals surface area contributed by atoms with Gasteiger partial charge in [-0.2, -0.15) is 0 Å². The predicted octanol–water partition coefficient (Wildman–Crippen LogP) is 3.47. The highest BCUT2D eigenvalue weighted by atomic mass is 35.5. The molecule has 2 rings (SSSR count). The smallest absolute Gasteiger partial charge is 0.246 e. The SMILES string of the molecule is CC(C)c1ccc(N(C)C(=O)C2(N)CCCC2)cc1.Cl. The van der Waals surface area contributed by atoms with E-state index in [-0.39, 0.29) is 18.3 Å². The van der Waals surface area contributed by atoms with Crippen LogP contribution in [0.2, 0.25) is 0 Å². The van der Waals surface area contributed by atoms with E-state index in [1.54, 1.807) is 4.90 Å². The Hall–Kier alpha value is -1.06. The summed E-state index contributed by atoms with van der Waals surface area (Å²) in [7, 11) is 1.82. The number of rotatable bonds is 3. The summed E-state index contributed by atoms with van der Waals surface area (Å²) in [5.74, 6) is 0.549. The number of carbonyl (C=O) groups is 1. The first-order valence-corrected chi connectivity index (χ1v) is 7.11. The van der Waals surface area contributed by atoms with Crippen LogP contribution in [-0.4, -0.2) is 18.5 Å². The lowest BCUT2D eigenvalue weighted by Gasteiger charge is -2.29. The van der Waals surface area contributed by atoms with Crippen LogP contribution in [0.3, 0.4) is 0 Å². The predicted molar refractivity (Wildman–Crippen MR) is 86.6 cm³/mol. The zero-order chi connectivity index (χ0) is 14.0. The number of amides is 1. The lowest BCUT2D eigenvalue weighted by Crippen LogP contribution is -2.52. The Bertz CT molecular complexity index is 450. The summed E-state index contributed by atoms with van der Waals surface area (Å²) in [6, 6.07) is 8.18. The average molecular weight is 297 g/mol. The fraction of sp³-hybridized carbons (Fsp3) is 0.562. The van der Waals surface area contributed by atoms with Gasteiger partial charge in [-0.05, 0) is 36.5 Å². The van der Waals surface area contributed by atoms with Crippen molar-refractivity contribution in [2.75, 3.05) is 11.9 Å². The maximum absolute atomic E-state index is 12.5. The van der Waals surface area contributed by atoms with Crippen LogP contribution in [0.5, 0.6) is 0 Å². The lowest BCUT2D eigenvalue weighted by atomic mass is 9.97. The van der Waals surface area contributed by atoms with E-state index < -0.39 is 5.54 Å². The zero-order valence-corrected chi connectivity index (χ0v) is 13.4. The molecular formula is C16H25ClN2O. The Morgan fingerprint density at radius 3 is 2.15 bits per heavy atom. The highest BCUT2D eigenvalue weighted by Crippen LogP contribution is 2.30. The molecule has 0 aromatic heterocycles. The molecule has 3 nitrogen and oxygen atoms in total. The lowest BCUT2D eigenvalue weighted by molar-refractivity contribution is -0.123. The van der Waals surface area contributed by atoms with Gasteiger partial charge in [0.1, 0.15) is 0 Å². The van der Waals surface area contributed by atoms with Gasteiger partial charge in [-0.1, -0.05) is 38.8 Å². The summed E-state index contributed by atoms with van der Waals surface area (Å²) in [4.78, 5) is 14.2. The molecule has 1 aliphatic rings. The monoisotopic (exact) mass is 296 g/mol. The first-order valence-electron chi connectivity index (χ1n) is 7.11. The molecule has 112 valence electrons. The van der Waals surface area contributed by atoms with E-state index in [1.165, 1.54) is 5.56 Å². The van der Waals surface area contributed by atoms with Crippen molar-refractivity contribution < 1.29 is 4.79 Å². The van der Waals surface area contributed by atoms with Gasteiger partial charge < -0.3 is 10.6 Å². The summed E-state index contributed by atoms with van der Waals surface area (Å²) < 4.78 is 0. The number of carbonyl (C=O) groups excluding carboxylic acids is 1. The molecule has 4 heteroatoms. The number of likely N-dealkylation sites (N-methyl/N-ethyl adjacent to an activating group) is 1. The Morgan fingerprint density at radius 1 is 1.20 bits per heavy atom. The third-order valence-electron chi connectivity index (χ3n) is 4.17. The van der Waals surface area contributed by atoms with E-state index in [0.29, 0.717) is 5.92 Å². The van der Waals surface area contributed by atoms with E-state index in [2.05, 4.69) is 26.0 Å². The zero-order valence-electron chi connectivity index (χ0n) is 12.6. The standard InChI is InChI=1S/C16H24N2O.ClH/c1-12(2)13-6-8-14(9-7-13)18(3)15(19)16(17)10-4-5-11-16;/h6-9,12H,4-5,10-11,17H2,1-3H3;1H. The van der Waals surface area contributed by atoms with Crippen LogP contribution in [0.1, 0.15) is 51.0 Å². The fourth-order valence-corrected chi connectivity index (χ4v) is 2.75. The Morgan fingerprint density at radius 2 is 1.70 bits per heavy atom. The molecule has 0 bridgehead atoms. The fourth-order valence-electron chi connectivity index (χ4n) is 2.75. The van der Waals surface area contributed by atoms with Crippen molar-refractivity contribution in [3.63, 3.8) is 0 Å². The van der Waals surface area contributed by atoms with Crippen molar-refractivity contribution in [1.82, 2.24) is 0 Å². The number of nitrogens with zero attached hydrogens (tertiary/aromatic N) is 1. The molecule has 0 saturated heterocycles. The van der Waals surface area contributed by atoms with Crippen molar-refractivity contribution in [2.45, 2.75) is 51.0 Å². The van der Waals surface area contributed by atoms with Gasteiger partial charge in [0.25, 0.3) is 0 Å². The highest BCUT2D eigenvalue weighted by molar-refractivity contribution is 5.99. The van der Waals surface area contributed by atoms with Gasteiger partial charge in [0.05, 0.1) is 5.54 Å². The Labute approximate surface area is 127 Å². The quantitative estimate of drug-likeness (QED) is 0.928. The van der Waals surface area contributed by atoms with Crippen molar-refractivity contribution in [3.05, 3.63) is 29.8 Å². The second-order valence-corrected chi connectivity index (χ2v) is 5.97. The van der Waals surface area contributed by atoms with Gasteiger partial charge in [0.2, 0.25) is 5.91 Å². The van der Waals surface area contributed by atoms with Gasteiger partial charge in [-0.15, -0.1) is 12.4 Å². The maximum Gasteiger partial charge on any atom is 0.246 e. The molecule has 2 N–H and O–H groups in total. The molecule has 1 aromatic carbocycles. The van der Waals surface area contributed by atoms with Gasteiger partial charge in [0, 0.05) is 12.7 Å². The molecule has 0 unspecified atom stereocenters. The van der Waals surface area contributed by atoms with Crippen LogP contribution in [0.4, 0.5) is 5.69 Å². The molecule has 0 radical (unpaired) electrons. The van der Waals surface area contributed by atoms with Crippen LogP contribution in [0, 0.1) is 0 Å². The normalized spacial score (nSPS) is 16.9. The Kier molecular flexibility index (Phi) is 5.60. The van der Waals surface area contributed by atoms with Gasteiger partial charge in [0.15, 0.2) is 0 Å². The first kappa shape index (κ1) is 17.0. The molecule has 1 aliphatic carbocycles. The molecule has 20 heavy (non-hydrogen) atoms. The molecule has 1 aromatic rings.